The molecule has 0 fully saturated rings. The second-order valence-corrected chi connectivity index (χ2v) is 6.32. The molecule has 27 heavy (non-hydrogen) atoms. The maximum Gasteiger partial charge on any atom is 0.131 e. The highest BCUT2D eigenvalue weighted by Gasteiger charge is 2.18. The summed E-state index contributed by atoms with van der Waals surface area (Å²) in [4.78, 5) is 0. The van der Waals surface area contributed by atoms with Gasteiger partial charge in [-0.25, -0.2) is 0 Å². The number of hydrogen-bond acceptors (Lipinski definition) is 2. The monoisotopic (exact) mass is 352 g/mol. The van der Waals surface area contributed by atoms with Gasteiger partial charge in [-0.15, -0.1) is 0 Å². The first-order valence-electron chi connectivity index (χ1n) is 8.90. The van der Waals surface area contributed by atoms with E-state index >= 15 is 0 Å². The van der Waals surface area contributed by atoms with Crippen LogP contribution in [0.4, 0.5) is 0 Å². The van der Waals surface area contributed by atoms with Crippen molar-refractivity contribution in [2.45, 2.75) is 0 Å². The quantitative estimate of drug-likeness (QED) is 0.460. The second kappa shape index (κ2) is 7.38. The smallest absolute Gasteiger partial charge is 0.131 e. The minimum atomic E-state index is 0.274. The van der Waals surface area contributed by atoms with E-state index in [0.29, 0.717) is 0 Å². The third-order valence-corrected chi connectivity index (χ3v) is 4.72. The van der Waals surface area contributed by atoms with Gasteiger partial charge in [-0.2, -0.15) is 0 Å². The van der Waals surface area contributed by atoms with Crippen molar-refractivity contribution in [3.8, 4) is 44.9 Å². The second-order valence-electron chi connectivity index (χ2n) is 6.32. The number of phenolic OH excluding ortho intramolecular Hbond substituents is 1. The van der Waals surface area contributed by atoms with Crippen molar-refractivity contribution >= 4 is 0 Å². The van der Waals surface area contributed by atoms with Crippen molar-refractivity contribution in [3.05, 3.63) is 97.1 Å². The van der Waals surface area contributed by atoms with Gasteiger partial charge in [0.25, 0.3) is 0 Å². The molecule has 2 heteroatoms. The first-order valence-corrected chi connectivity index (χ1v) is 8.90. The predicted octanol–water partition coefficient (Wildman–Crippen LogP) is 6.40. The Kier molecular flexibility index (Phi) is 4.63. The summed E-state index contributed by atoms with van der Waals surface area (Å²) in [7, 11) is 1.67. The lowest BCUT2D eigenvalue weighted by atomic mass is 9.89. The number of methoxy groups -OCH3 is 1. The topological polar surface area (TPSA) is 29.5 Å². The maximum atomic E-state index is 11.3. The van der Waals surface area contributed by atoms with E-state index in [9.17, 15) is 5.11 Å². The van der Waals surface area contributed by atoms with Crippen LogP contribution in [0.3, 0.4) is 0 Å². The van der Waals surface area contributed by atoms with Gasteiger partial charge in [0, 0.05) is 16.7 Å². The molecule has 132 valence electrons. The predicted molar refractivity (Wildman–Crippen MR) is 111 cm³/mol. The van der Waals surface area contributed by atoms with Gasteiger partial charge in [-0.05, 0) is 28.8 Å². The Morgan fingerprint density at radius 1 is 0.556 bits per heavy atom. The molecule has 0 saturated heterocycles. The van der Waals surface area contributed by atoms with Crippen LogP contribution in [0, 0.1) is 0 Å². The molecule has 2 nitrogen and oxygen atoms in total. The summed E-state index contributed by atoms with van der Waals surface area (Å²) in [5.74, 6) is 1.05. The number of phenols is 1. The molecule has 1 N–H and O–H groups in total. The zero-order valence-corrected chi connectivity index (χ0v) is 15.1. The fourth-order valence-electron chi connectivity index (χ4n) is 3.43. The summed E-state index contributed by atoms with van der Waals surface area (Å²) in [5, 5.41) is 11.3. The fraction of sp³-hybridized carbons (Fsp3) is 0.0400. The van der Waals surface area contributed by atoms with E-state index in [4.69, 9.17) is 4.74 Å². The largest absolute Gasteiger partial charge is 0.507 e. The van der Waals surface area contributed by atoms with Crippen LogP contribution < -0.4 is 4.74 Å². The lowest BCUT2D eigenvalue weighted by molar-refractivity contribution is 0.416. The van der Waals surface area contributed by atoms with Crippen molar-refractivity contribution in [2.24, 2.45) is 0 Å². The number of para-hydroxylation sites is 1. The molecule has 0 atom stereocenters. The van der Waals surface area contributed by atoms with E-state index in [1.807, 2.05) is 91.0 Å². The molecular formula is C25H20O2. The zero-order valence-electron chi connectivity index (χ0n) is 15.1. The van der Waals surface area contributed by atoms with Gasteiger partial charge < -0.3 is 9.84 Å². The molecule has 0 aliphatic heterocycles. The van der Waals surface area contributed by atoms with Crippen molar-refractivity contribution < 1.29 is 9.84 Å². The molecule has 0 saturated carbocycles. The molecule has 0 heterocycles. The van der Waals surface area contributed by atoms with Crippen LogP contribution in [0.1, 0.15) is 0 Å². The summed E-state index contributed by atoms with van der Waals surface area (Å²) >= 11 is 0. The first kappa shape index (κ1) is 16.9. The van der Waals surface area contributed by atoms with Crippen LogP contribution in [0.5, 0.6) is 11.5 Å². The number of benzene rings is 4. The SMILES string of the molecule is COc1ccccc1-c1ccc(-c2ccccc2)c(O)c1-c1ccccc1. The molecule has 0 aromatic heterocycles. The van der Waals surface area contributed by atoms with E-state index in [1.54, 1.807) is 7.11 Å². The van der Waals surface area contributed by atoms with Crippen molar-refractivity contribution in [3.63, 3.8) is 0 Å². The molecular weight excluding hydrogens is 332 g/mol. The summed E-state index contributed by atoms with van der Waals surface area (Å²) in [6.07, 6.45) is 0. The van der Waals surface area contributed by atoms with Gasteiger partial charge in [-0.1, -0.05) is 84.9 Å². The van der Waals surface area contributed by atoms with E-state index in [-0.39, 0.29) is 5.75 Å². The Balaban J connectivity index is 2.02. The number of hydrogen-bond donors (Lipinski definition) is 1. The Bertz CT molecular complexity index is 1050. The zero-order chi connectivity index (χ0) is 18.6. The average molecular weight is 352 g/mol. The molecule has 0 spiro atoms. The average Bonchev–Trinajstić information content (AvgIpc) is 2.74. The lowest BCUT2D eigenvalue weighted by Gasteiger charge is -2.17. The number of aromatic hydroxyl groups is 1. The fourth-order valence-corrected chi connectivity index (χ4v) is 3.43. The molecule has 0 bridgehead atoms. The molecule has 0 aliphatic carbocycles. The maximum absolute atomic E-state index is 11.3. The summed E-state index contributed by atoms with van der Waals surface area (Å²) in [5.41, 5.74) is 5.46. The third-order valence-electron chi connectivity index (χ3n) is 4.72. The molecule has 0 unspecified atom stereocenters. The van der Waals surface area contributed by atoms with Crippen LogP contribution in [-0.4, -0.2) is 12.2 Å². The van der Waals surface area contributed by atoms with Gasteiger partial charge in [-0.3, -0.25) is 0 Å². The Morgan fingerprint density at radius 3 is 1.78 bits per heavy atom. The molecule has 0 radical (unpaired) electrons. The van der Waals surface area contributed by atoms with Gasteiger partial charge in [0.2, 0.25) is 0 Å². The van der Waals surface area contributed by atoms with Crippen molar-refractivity contribution in [2.75, 3.05) is 7.11 Å². The first-order chi connectivity index (χ1) is 13.3. The minimum absolute atomic E-state index is 0.274. The molecule has 0 aliphatic rings. The lowest BCUT2D eigenvalue weighted by Crippen LogP contribution is -1.92. The molecule has 4 aromatic rings. The van der Waals surface area contributed by atoms with Crippen LogP contribution in [0.2, 0.25) is 0 Å². The van der Waals surface area contributed by atoms with Gasteiger partial charge >= 0.3 is 0 Å². The highest BCUT2D eigenvalue weighted by atomic mass is 16.5. The third kappa shape index (κ3) is 3.18. The van der Waals surface area contributed by atoms with E-state index < -0.39 is 0 Å². The Labute approximate surface area is 159 Å². The van der Waals surface area contributed by atoms with Crippen molar-refractivity contribution in [1.29, 1.82) is 0 Å². The van der Waals surface area contributed by atoms with Crippen LogP contribution >= 0.6 is 0 Å². The number of rotatable bonds is 4. The molecule has 4 aromatic carbocycles. The van der Waals surface area contributed by atoms with Gasteiger partial charge in [0.05, 0.1) is 7.11 Å². The standard InChI is InChI=1S/C25H20O2/c1-27-23-15-9-8-14-21(23)22-17-16-20(18-10-4-2-5-11-18)25(26)24(22)19-12-6-3-7-13-19/h2-17,26H,1H3. The van der Waals surface area contributed by atoms with Crippen LogP contribution in [-0.2, 0) is 0 Å². The van der Waals surface area contributed by atoms with Gasteiger partial charge in [0.1, 0.15) is 11.5 Å². The molecule has 4 rings (SSSR count). The van der Waals surface area contributed by atoms with Crippen molar-refractivity contribution in [1.82, 2.24) is 0 Å². The number of ether oxygens (including phenoxy) is 1. The summed E-state index contributed by atoms with van der Waals surface area (Å²) in [6.45, 7) is 0. The summed E-state index contributed by atoms with van der Waals surface area (Å²) < 4.78 is 5.56. The van der Waals surface area contributed by atoms with E-state index in [2.05, 4.69) is 6.07 Å². The highest BCUT2D eigenvalue weighted by molar-refractivity contribution is 5.94. The van der Waals surface area contributed by atoms with Crippen LogP contribution in [0.15, 0.2) is 97.1 Å². The van der Waals surface area contributed by atoms with Gasteiger partial charge in [0.15, 0.2) is 0 Å². The minimum Gasteiger partial charge on any atom is -0.507 e. The Hall–Kier alpha value is -3.52. The Morgan fingerprint density at radius 2 is 1.11 bits per heavy atom. The van der Waals surface area contributed by atoms with E-state index in [0.717, 1.165) is 39.1 Å². The normalized spacial score (nSPS) is 10.6. The van der Waals surface area contributed by atoms with Crippen LogP contribution in [0.25, 0.3) is 33.4 Å². The highest BCUT2D eigenvalue weighted by Crippen LogP contribution is 2.46. The van der Waals surface area contributed by atoms with E-state index in [1.165, 1.54) is 0 Å². The summed E-state index contributed by atoms with van der Waals surface area (Å²) in [6, 6.07) is 31.8. The molecule has 0 amide bonds.